The molecule has 3 N–H and O–H groups in total. The Bertz CT molecular complexity index is 568. The summed E-state index contributed by atoms with van der Waals surface area (Å²) in [6.07, 6.45) is 1.49. The molecule has 1 aromatic heterocycles. The van der Waals surface area contributed by atoms with Crippen molar-refractivity contribution in [3.8, 4) is 0 Å². The van der Waals surface area contributed by atoms with Crippen LogP contribution in [-0.4, -0.2) is 77.1 Å². The SMILES string of the molecule is CC(C)Nc1nnccc1C(=O)NC[C@]1(CO)COC[C@@H](C)N1C. The van der Waals surface area contributed by atoms with Gasteiger partial charge in [-0.3, -0.25) is 9.69 Å². The number of carbonyl (C=O) groups is 1. The predicted octanol–water partition coefficient (Wildman–Crippen LogP) is 0.108. The summed E-state index contributed by atoms with van der Waals surface area (Å²) in [5.74, 6) is 0.192. The first-order valence-corrected chi connectivity index (χ1v) is 8.17. The maximum absolute atomic E-state index is 12.6. The highest BCUT2D eigenvalue weighted by molar-refractivity contribution is 5.98. The number of ether oxygens (including phenoxy) is 1. The van der Waals surface area contributed by atoms with Gasteiger partial charge in [0.15, 0.2) is 5.82 Å². The van der Waals surface area contributed by atoms with Crippen LogP contribution < -0.4 is 10.6 Å². The average molecular weight is 337 g/mol. The Labute approximate surface area is 142 Å². The number of aliphatic hydroxyl groups is 1. The van der Waals surface area contributed by atoms with Crippen LogP contribution in [0.5, 0.6) is 0 Å². The van der Waals surface area contributed by atoms with Crippen molar-refractivity contribution < 1.29 is 14.6 Å². The Kier molecular flexibility index (Phi) is 6.09. The topological polar surface area (TPSA) is 99.6 Å². The molecule has 1 aliphatic rings. The molecule has 1 fully saturated rings. The predicted molar refractivity (Wildman–Crippen MR) is 91.0 cm³/mol. The van der Waals surface area contributed by atoms with E-state index < -0.39 is 5.54 Å². The van der Waals surface area contributed by atoms with E-state index in [0.29, 0.717) is 24.6 Å². The Morgan fingerprint density at radius 2 is 2.33 bits per heavy atom. The number of nitrogens with zero attached hydrogens (tertiary/aromatic N) is 3. The number of aliphatic hydroxyl groups excluding tert-OH is 1. The van der Waals surface area contributed by atoms with Gasteiger partial charge in [-0.1, -0.05) is 0 Å². The van der Waals surface area contributed by atoms with Crippen molar-refractivity contribution in [2.24, 2.45) is 0 Å². The van der Waals surface area contributed by atoms with Gasteiger partial charge < -0.3 is 20.5 Å². The molecule has 0 unspecified atom stereocenters. The minimum atomic E-state index is -0.626. The summed E-state index contributed by atoms with van der Waals surface area (Å²) in [7, 11) is 1.94. The van der Waals surface area contributed by atoms with E-state index in [1.54, 1.807) is 6.07 Å². The fourth-order valence-electron chi connectivity index (χ4n) is 2.72. The minimum Gasteiger partial charge on any atom is -0.394 e. The van der Waals surface area contributed by atoms with Gasteiger partial charge >= 0.3 is 0 Å². The standard InChI is InChI=1S/C16H27N5O3/c1-11(2)19-14-13(5-6-18-20-14)15(23)17-8-16(9-22)10-24-7-12(3)21(16)4/h5-6,11-12,22H,7-10H2,1-4H3,(H,17,23)(H,19,20)/t12-,16+/m1/s1. The molecule has 0 aromatic carbocycles. The van der Waals surface area contributed by atoms with Gasteiger partial charge in [-0.2, -0.15) is 5.10 Å². The minimum absolute atomic E-state index is 0.0974. The van der Waals surface area contributed by atoms with Crippen molar-refractivity contribution in [2.75, 3.05) is 38.7 Å². The maximum Gasteiger partial charge on any atom is 0.255 e. The van der Waals surface area contributed by atoms with Crippen LogP contribution in [0.3, 0.4) is 0 Å². The summed E-state index contributed by atoms with van der Waals surface area (Å²) in [6.45, 7) is 7.13. The third-order valence-electron chi connectivity index (χ3n) is 4.40. The summed E-state index contributed by atoms with van der Waals surface area (Å²) >= 11 is 0. The lowest BCUT2D eigenvalue weighted by atomic mass is 9.96. The van der Waals surface area contributed by atoms with Crippen molar-refractivity contribution in [1.82, 2.24) is 20.4 Å². The summed E-state index contributed by atoms with van der Waals surface area (Å²) in [6, 6.07) is 1.93. The lowest BCUT2D eigenvalue weighted by Gasteiger charge is -2.47. The van der Waals surface area contributed by atoms with Gasteiger partial charge in [-0.25, -0.2) is 0 Å². The molecule has 2 heterocycles. The van der Waals surface area contributed by atoms with Gasteiger partial charge in [0.1, 0.15) is 0 Å². The molecule has 24 heavy (non-hydrogen) atoms. The highest BCUT2D eigenvalue weighted by Crippen LogP contribution is 2.22. The lowest BCUT2D eigenvalue weighted by molar-refractivity contribution is -0.105. The van der Waals surface area contributed by atoms with Crippen molar-refractivity contribution in [2.45, 2.75) is 38.4 Å². The second kappa shape index (κ2) is 7.87. The Morgan fingerprint density at radius 1 is 1.58 bits per heavy atom. The second-order valence-corrected chi connectivity index (χ2v) is 6.63. The molecule has 0 radical (unpaired) electrons. The Morgan fingerprint density at radius 3 is 3.00 bits per heavy atom. The quantitative estimate of drug-likeness (QED) is 0.677. The van der Waals surface area contributed by atoms with Gasteiger partial charge in [-0.05, 0) is 33.9 Å². The number of amides is 1. The van der Waals surface area contributed by atoms with E-state index in [9.17, 15) is 9.90 Å². The zero-order valence-electron chi connectivity index (χ0n) is 14.7. The van der Waals surface area contributed by atoms with E-state index >= 15 is 0 Å². The van der Waals surface area contributed by atoms with Gasteiger partial charge in [0, 0.05) is 18.6 Å². The molecule has 1 aromatic rings. The van der Waals surface area contributed by atoms with Gasteiger partial charge in [0.25, 0.3) is 5.91 Å². The second-order valence-electron chi connectivity index (χ2n) is 6.63. The Balaban J connectivity index is 2.10. The third-order valence-corrected chi connectivity index (χ3v) is 4.40. The number of anilines is 1. The first kappa shape index (κ1) is 18.6. The fourth-order valence-corrected chi connectivity index (χ4v) is 2.72. The molecule has 1 saturated heterocycles. The van der Waals surface area contributed by atoms with E-state index in [0.717, 1.165) is 0 Å². The molecule has 0 aliphatic carbocycles. The number of rotatable bonds is 6. The van der Waals surface area contributed by atoms with E-state index in [-0.39, 0.29) is 31.1 Å². The number of aromatic nitrogens is 2. The van der Waals surface area contributed by atoms with Gasteiger partial charge in [0.2, 0.25) is 0 Å². The molecule has 2 atom stereocenters. The van der Waals surface area contributed by atoms with Crippen LogP contribution in [0.4, 0.5) is 5.82 Å². The molecular weight excluding hydrogens is 310 g/mol. The van der Waals surface area contributed by atoms with Crippen LogP contribution in [-0.2, 0) is 4.74 Å². The smallest absolute Gasteiger partial charge is 0.255 e. The first-order chi connectivity index (χ1) is 11.4. The molecule has 2 rings (SSSR count). The van der Waals surface area contributed by atoms with E-state index in [1.165, 1.54) is 6.20 Å². The number of likely N-dealkylation sites (N-methyl/N-ethyl adjacent to an activating group) is 1. The van der Waals surface area contributed by atoms with E-state index in [1.807, 2.05) is 27.8 Å². The summed E-state index contributed by atoms with van der Waals surface area (Å²) < 4.78 is 5.59. The van der Waals surface area contributed by atoms with Crippen LogP contribution in [0.25, 0.3) is 0 Å². The molecule has 134 valence electrons. The van der Waals surface area contributed by atoms with Crippen LogP contribution >= 0.6 is 0 Å². The summed E-state index contributed by atoms with van der Waals surface area (Å²) in [5, 5.41) is 23.7. The normalized spacial score (nSPS) is 24.8. The van der Waals surface area contributed by atoms with Crippen molar-refractivity contribution in [3.63, 3.8) is 0 Å². The number of morpholine rings is 1. The average Bonchev–Trinajstić information content (AvgIpc) is 2.56. The monoisotopic (exact) mass is 337 g/mol. The molecule has 1 amide bonds. The summed E-state index contributed by atoms with van der Waals surface area (Å²) in [5.41, 5.74) is -0.196. The zero-order valence-corrected chi connectivity index (χ0v) is 14.7. The molecule has 0 spiro atoms. The third kappa shape index (κ3) is 4.00. The van der Waals surface area contributed by atoms with Crippen LogP contribution in [0.2, 0.25) is 0 Å². The van der Waals surface area contributed by atoms with Gasteiger partial charge in [0.05, 0.1) is 37.1 Å². The summed E-state index contributed by atoms with van der Waals surface area (Å²) in [4.78, 5) is 14.6. The van der Waals surface area contributed by atoms with Crippen LogP contribution in [0, 0.1) is 0 Å². The highest BCUT2D eigenvalue weighted by atomic mass is 16.5. The van der Waals surface area contributed by atoms with Crippen molar-refractivity contribution in [3.05, 3.63) is 17.8 Å². The zero-order chi connectivity index (χ0) is 17.7. The largest absolute Gasteiger partial charge is 0.394 e. The maximum atomic E-state index is 12.6. The molecular formula is C16H27N5O3. The number of hydrogen-bond acceptors (Lipinski definition) is 7. The molecule has 0 bridgehead atoms. The number of nitrogens with one attached hydrogen (secondary N) is 2. The highest BCUT2D eigenvalue weighted by Gasteiger charge is 2.40. The van der Waals surface area contributed by atoms with Crippen LogP contribution in [0.1, 0.15) is 31.1 Å². The van der Waals surface area contributed by atoms with Crippen molar-refractivity contribution in [1.29, 1.82) is 0 Å². The molecule has 8 heteroatoms. The molecule has 1 aliphatic heterocycles. The van der Waals surface area contributed by atoms with E-state index in [4.69, 9.17) is 4.74 Å². The van der Waals surface area contributed by atoms with E-state index in [2.05, 4.69) is 25.7 Å². The molecule has 0 saturated carbocycles. The van der Waals surface area contributed by atoms with Crippen molar-refractivity contribution >= 4 is 11.7 Å². The first-order valence-electron chi connectivity index (χ1n) is 8.17. The lowest BCUT2D eigenvalue weighted by Crippen LogP contribution is -2.65. The number of carbonyl (C=O) groups excluding carboxylic acids is 1. The fraction of sp³-hybridized carbons (Fsp3) is 0.688. The number of hydrogen-bond donors (Lipinski definition) is 3. The molecule has 8 nitrogen and oxygen atoms in total. The van der Waals surface area contributed by atoms with Crippen LogP contribution in [0.15, 0.2) is 12.3 Å². The van der Waals surface area contributed by atoms with Gasteiger partial charge in [-0.15, -0.1) is 5.10 Å². The Hall–Kier alpha value is -1.77.